The molecule has 3 aromatic rings. The third kappa shape index (κ3) is 4.83. The van der Waals surface area contributed by atoms with Crippen LogP contribution in [0.25, 0.3) is 0 Å². The molecule has 0 aliphatic rings. The molecule has 0 atom stereocenters. The normalized spacial score (nSPS) is 10.6. The molecule has 2 aromatic carbocycles. The SMILES string of the molecule is CCOC(=O)c1c(NC(=O)C(c2ccccc2)c2ccccc2)sc(C(=O)NC)c1C. The van der Waals surface area contributed by atoms with Gasteiger partial charge in [0.25, 0.3) is 5.91 Å². The molecular formula is C24H24N2O4S. The number of anilines is 1. The Morgan fingerprint density at radius 1 is 0.968 bits per heavy atom. The van der Waals surface area contributed by atoms with Crippen molar-refractivity contribution in [2.24, 2.45) is 0 Å². The summed E-state index contributed by atoms with van der Waals surface area (Å²) in [4.78, 5) is 38.7. The number of carbonyl (C=O) groups is 3. The molecule has 0 saturated heterocycles. The maximum atomic E-state index is 13.4. The minimum atomic E-state index is -0.580. The van der Waals surface area contributed by atoms with Gasteiger partial charge in [0.2, 0.25) is 5.91 Å². The van der Waals surface area contributed by atoms with Gasteiger partial charge in [0.1, 0.15) is 5.00 Å². The molecule has 0 radical (unpaired) electrons. The van der Waals surface area contributed by atoms with E-state index >= 15 is 0 Å². The summed E-state index contributed by atoms with van der Waals surface area (Å²) in [7, 11) is 1.52. The lowest BCUT2D eigenvalue weighted by atomic mass is 9.90. The standard InChI is InChI=1S/C24H24N2O4S/c1-4-30-24(29)18-15(2)20(22(28)25-3)31-23(18)26-21(27)19(16-11-7-5-8-12-16)17-13-9-6-10-14-17/h5-14,19H,4H2,1-3H3,(H,25,28)(H,26,27). The molecule has 31 heavy (non-hydrogen) atoms. The van der Waals surface area contributed by atoms with Gasteiger partial charge in [-0.2, -0.15) is 0 Å². The monoisotopic (exact) mass is 436 g/mol. The predicted octanol–water partition coefficient (Wildman–Crippen LogP) is 4.36. The first kappa shape index (κ1) is 22.2. The van der Waals surface area contributed by atoms with Crippen molar-refractivity contribution >= 4 is 34.1 Å². The van der Waals surface area contributed by atoms with Gasteiger partial charge in [0, 0.05) is 7.05 Å². The van der Waals surface area contributed by atoms with Crippen molar-refractivity contribution in [3.05, 3.63) is 87.8 Å². The number of hydrogen-bond donors (Lipinski definition) is 2. The van der Waals surface area contributed by atoms with Crippen LogP contribution in [0.3, 0.4) is 0 Å². The van der Waals surface area contributed by atoms with Crippen molar-refractivity contribution < 1.29 is 19.1 Å². The van der Waals surface area contributed by atoms with Crippen molar-refractivity contribution in [3.63, 3.8) is 0 Å². The predicted molar refractivity (Wildman–Crippen MR) is 122 cm³/mol. The topological polar surface area (TPSA) is 84.5 Å². The lowest BCUT2D eigenvalue weighted by Crippen LogP contribution is -2.23. The highest BCUT2D eigenvalue weighted by Gasteiger charge is 2.29. The average Bonchev–Trinajstić information content (AvgIpc) is 3.10. The summed E-state index contributed by atoms with van der Waals surface area (Å²) >= 11 is 1.06. The largest absolute Gasteiger partial charge is 0.462 e. The Balaban J connectivity index is 2.04. The molecule has 2 N–H and O–H groups in total. The second-order valence-electron chi connectivity index (χ2n) is 6.80. The van der Waals surface area contributed by atoms with Crippen LogP contribution in [0, 0.1) is 6.92 Å². The summed E-state index contributed by atoms with van der Waals surface area (Å²) in [6.45, 7) is 3.57. The van der Waals surface area contributed by atoms with Crippen LogP contribution in [0.5, 0.6) is 0 Å². The smallest absolute Gasteiger partial charge is 0.341 e. The molecule has 0 saturated carbocycles. The molecule has 0 bridgehead atoms. The molecule has 0 spiro atoms. The number of ether oxygens (including phenoxy) is 1. The molecule has 1 heterocycles. The highest BCUT2D eigenvalue weighted by atomic mass is 32.1. The van der Waals surface area contributed by atoms with E-state index in [1.807, 2.05) is 60.7 Å². The molecule has 1 aromatic heterocycles. The molecule has 0 aliphatic heterocycles. The van der Waals surface area contributed by atoms with Crippen LogP contribution >= 0.6 is 11.3 Å². The van der Waals surface area contributed by atoms with E-state index < -0.39 is 11.9 Å². The molecule has 3 rings (SSSR count). The van der Waals surface area contributed by atoms with Gasteiger partial charge in [-0.05, 0) is 30.5 Å². The zero-order valence-corrected chi connectivity index (χ0v) is 18.4. The van der Waals surface area contributed by atoms with Gasteiger partial charge in [0.15, 0.2) is 0 Å². The Morgan fingerprint density at radius 3 is 2.00 bits per heavy atom. The van der Waals surface area contributed by atoms with E-state index in [-0.39, 0.29) is 24.0 Å². The van der Waals surface area contributed by atoms with Gasteiger partial charge in [-0.3, -0.25) is 9.59 Å². The lowest BCUT2D eigenvalue weighted by molar-refractivity contribution is -0.116. The van der Waals surface area contributed by atoms with E-state index in [0.29, 0.717) is 15.4 Å². The Labute approximate surface area is 185 Å². The first-order valence-corrected chi connectivity index (χ1v) is 10.7. The van der Waals surface area contributed by atoms with Gasteiger partial charge in [0.05, 0.1) is 23.0 Å². The van der Waals surface area contributed by atoms with Crippen LogP contribution in [0.2, 0.25) is 0 Å². The van der Waals surface area contributed by atoms with E-state index in [9.17, 15) is 14.4 Å². The highest BCUT2D eigenvalue weighted by Crippen LogP contribution is 2.35. The van der Waals surface area contributed by atoms with Crippen molar-refractivity contribution in [1.29, 1.82) is 0 Å². The zero-order chi connectivity index (χ0) is 22.4. The van der Waals surface area contributed by atoms with Crippen LogP contribution in [0.15, 0.2) is 60.7 Å². The average molecular weight is 437 g/mol. The summed E-state index contributed by atoms with van der Waals surface area (Å²) in [5.74, 6) is -1.77. The van der Waals surface area contributed by atoms with Crippen molar-refractivity contribution in [2.75, 3.05) is 19.0 Å². The fourth-order valence-electron chi connectivity index (χ4n) is 3.35. The van der Waals surface area contributed by atoms with Crippen LogP contribution < -0.4 is 10.6 Å². The van der Waals surface area contributed by atoms with Crippen LogP contribution in [0.1, 0.15) is 49.6 Å². The summed E-state index contributed by atoms with van der Waals surface area (Å²) in [5, 5.41) is 5.76. The van der Waals surface area contributed by atoms with E-state index in [4.69, 9.17) is 4.74 Å². The van der Waals surface area contributed by atoms with Crippen LogP contribution in [-0.2, 0) is 9.53 Å². The Morgan fingerprint density at radius 2 is 1.52 bits per heavy atom. The van der Waals surface area contributed by atoms with E-state index in [1.54, 1.807) is 13.8 Å². The van der Waals surface area contributed by atoms with Crippen molar-refractivity contribution in [2.45, 2.75) is 19.8 Å². The Hall–Kier alpha value is -3.45. The number of hydrogen-bond acceptors (Lipinski definition) is 5. The molecule has 6 nitrogen and oxygen atoms in total. The molecular weight excluding hydrogens is 412 g/mol. The number of nitrogens with one attached hydrogen (secondary N) is 2. The third-order valence-electron chi connectivity index (χ3n) is 4.82. The quantitative estimate of drug-likeness (QED) is 0.539. The third-order valence-corrected chi connectivity index (χ3v) is 6.03. The van der Waals surface area contributed by atoms with Crippen LogP contribution in [0.4, 0.5) is 5.00 Å². The number of amides is 2. The summed E-state index contributed by atoms with van der Waals surface area (Å²) in [5.41, 5.74) is 2.33. The van der Waals surface area contributed by atoms with Gasteiger partial charge in [-0.15, -0.1) is 11.3 Å². The second kappa shape index (κ2) is 10.0. The Kier molecular flexibility index (Phi) is 7.20. The highest BCUT2D eigenvalue weighted by molar-refractivity contribution is 7.18. The van der Waals surface area contributed by atoms with Gasteiger partial charge >= 0.3 is 5.97 Å². The van der Waals surface area contributed by atoms with Gasteiger partial charge < -0.3 is 15.4 Å². The van der Waals surface area contributed by atoms with Crippen LogP contribution in [-0.4, -0.2) is 31.4 Å². The van der Waals surface area contributed by atoms with E-state index in [0.717, 1.165) is 22.5 Å². The molecule has 0 unspecified atom stereocenters. The first-order valence-electron chi connectivity index (χ1n) is 9.91. The van der Waals surface area contributed by atoms with Crippen molar-refractivity contribution in [3.8, 4) is 0 Å². The molecule has 7 heteroatoms. The summed E-state index contributed by atoms with van der Waals surface area (Å²) in [6, 6.07) is 18.8. The fourth-order valence-corrected chi connectivity index (χ4v) is 4.50. The van der Waals surface area contributed by atoms with Gasteiger partial charge in [-0.25, -0.2) is 4.79 Å². The maximum Gasteiger partial charge on any atom is 0.341 e. The number of thiophene rings is 1. The lowest BCUT2D eigenvalue weighted by Gasteiger charge is -2.18. The minimum absolute atomic E-state index is 0.188. The molecule has 2 amide bonds. The van der Waals surface area contributed by atoms with E-state index in [1.165, 1.54) is 7.05 Å². The molecule has 160 valence electrons. The summed E-state index contributed by atoms with van der Waals surface area (Å²) < 4.78 is 5.17. The molecule has 0 aliphatic carbocycles. The van der Waals surface area contributed by atoms with Crippen molar-refractivity contribution in [1.82, 2.24) is 5.32 Å². The maximum absolute atomic E-state index is 13.4. The molecule has 0 fully saturated rings. The second-order valence-corrected chi connectivity index (χ2v) is 7.82. The van der Waals surface area contributed by atoms with Gasteiger partial charge in [-0.1, -0.05) is 60.7 Å². The number of rotatable bonds is 7. The number of carbonyl (C=O) groups excluding carboxylic acids is 3. The van der Waals surface area contributed by atoms with E-state index in [2.05, 4.69) is 10.6 Å². The number of benzene rings is 2. The first-order chi connectivity index (χ1) is 15.0. The zero-order valence-electron chi connectivity index (χ0n) is 17.6. The fraction of sp³-hybridized carbons (Fsp3) is 0.208. The number of esters is 1. The minimum Gasteiger partial charge on any atom is -0.462 e. The Bertz CT molecular complexity index is 1040. The summed E-state index contributed by atoms with van der Waals surface area (Å²) in [6.07, 6.45) is 0.